The normalized spacial score (nSPS) is 20.9. The van der Waals surface area contributed by atoms with E-state index in [1.54, 1.807) is 6.07 Å². The van der Waals surface area contributed by atoms with Gasteiger partial charge in [0.15, 0.2) is 0 Å². The van der Waals surface area contributed by atoms with E-state index in [9.17, 15) is 4.79 Å². The molecule has 0 bridgehead atoms. The minimum Gasteiger partial charge on any atom is -0.467 e. The molecule has 1 aromatic heterocycles. The summed E-state index contributed by atoms with van der Waals surface area (Å²) in [5, 5.41) is 0.681. The van der Waals surface area contributed by atoms with Crippen LogP contribution in [0.4, 0.5) is 0 Å². The summed E-state index contributed by atoms with van der Waals surface area (Å²) in [6.07, 6.45) is 2.71. The number of hydrazine groups is 1. The van der Waals surface area contributed by atoms with Gasteiger partial charge in [-0.25, -0.2) is 5.84 Å². The van der Waals surface area contributed by atoms with Crippen molar-refractivity contribution in [3.8, 4) is 0 Å². The summed E-state index contributed by atoms with van der Waals surface area (Å²) in [6.45, 7) is 4.96. The van der Waals surface area contributed by atoms with Gasteiger partial charge in [-0.15, -0.1) is 0 Å². The van der Waals surface area contributed by atoms with E-state index in [1.165, 1.54) is 12.7 Å². The summed E-state index contributed by atoms with van der Waals surface area (Å²) in [4.78, 5) is 13.9. The van der Waals surface area contributed by atoms with Crippen molar-refractivity contribution in [2.45, 2.75) is 25.1 Å². The number of hydrogen-bond acceptors (Lipinski definition) is 5. The highest BCUT2D eigenvalue weighted by Crippen LogP contribution is 2.23. The Balaban J connectivity index is 2.00. The first-order chi connectivity index (χ1) is 8.74. The Hall–Kier alpha value is -0.980. The van der Waals surface area contributed by atoms with E-state index >= 15 is 0 Å². The van der Waals surface area contributed by atoms with Crippen LogP contribution in [-0.4, -0.2) is 34.9 Å². The van der Waals surface area contributed by atoms with Gasteiger partial charge in [0.1, 0.15) is 5.76 Å². The van der Waals surface area contributed by atoms with E-state index in [0.717, 1.165) is 18.8 Å². The van der Waals surface area contributed by atoms with Crippen molar-refractivity contribution in [2.24, 2.45) is 5.84 Å². The van der Waals surface area contributed by atoms with Gasteiger partial charge in [0.05, 0.1) is 18.4 Å². The molecule has 1 atom stereocenters. The topological polar surface area (TPSA) is 71.5 Å². The molecule has 1 fully saturated rings. The first kappa shape index (κ1) is 13.5. The summed E-state index contributed by atoms with van der Waals surface area (Å²) in [6, 6.07) is 1.66. The Kier molecular flexibility index (Phi) is 4.68. The molecule has 2 rings (SSSR count). The number of carbonyl (C=O) groups is 1. The maximum absolute atomic E-state index is 11.5. The molecule has 0 radical (unpaired) electrons. The SMILES string of the molecule is CCC1CN(Cc2occc2C(=O)NN)CCS1. The fraction of sp³-hybridized carbons (Fsp3) is 0.583. The molecule has 5 nitrogen and oxygen atoms in total. The summed E-state index contributed by atoms with van der Waals surface area (Å²) in [7, 11) is 0. The van der Waals surface area contributed by atoms with E-state index in [4.69, 9.17) is 10.3 Å². The van der Waals surface area contributed by atoms with E-state index in [1.807, 2.05) is 11.8 Å². The molecule has 1 unspecified atom stereocenters. The van der Waals surface area contributed by atoms with Crippen LogP contribution < -0.4 is 11.3 Å². The molecular formula is C12H19N3O2S. The van der Waals surface area contributed by atoms with Crippen molar-refractivity contribution in [3.63, 3.8) is 0 Å². The molecule has 3 N–H and O–H groups in total. The molecule has 1 aromatic rings. The maximum atomic E-state index is 11.5. The molecule has 1 aliphatic rings. The van der Waals surface area contributed by atoms with Crippen LogP contribution in [0.1, 0.15) is 29.5 Å². The number of nitrogens with two attached hydrogens (primary N) is 1. The third kappa shape index (κ3) is 3.07. The standard InChI is InChI=1S/C12H19N3O2S/c1-2-9-7-15(4-6-18-9)8-11-10(3-5-17-11)12(16)14-13/h3,5,9H,2,4,6-8,13H2,1H3,(H,14,16). The zero-order valence-corrected chi connectivity index (χ0v) is 11.3. The molecule has 1 amide bonds. The van der Waals surface area contributed by atoms with E-state index in [2.05, 4.69) is 17.2 Å². The van der Waals surface area contributed by atoms with Crippen LogP contribution >= 0.6 is 11.8 Å². The number of furan rings is 1. The van der Waals surface area contributed by atoms with E-state index in [-0.39, 0.29) is 5.91 Å². The zero-order valence-electron chi connectivity index (χ0n) is 10.5. The highest BCUT2D eigenvalue weighted by atomic mass is 32.2. The van der Waals surface area contributed by atoms with Crippen LogP contribution in [-0.2, 0) is 6.54 Å². The number of rotatable bonds is 4. The van der Waals surface area contributed by atoms with Crippen molar-refractivity contribution in [1.82, 2.24) is 10.3 Å². The molecule has 2 heterocycles. The second-order valence-corrected chi connectivity index (χ2v) is 5.78. The lowest BCUT2D eigenvalue weighted by Crippen LogP contribution is -2.37. The molecule has 0 aliphatic carbocycles. The zero-order chi connectivity index (χ0) is 13.0. The predicted octanol–water partition coefficient (Wildman–Crippen LogP) is 1.21. The summed E-state index contributed by atoms with van der Waals surface area (Å²) in [5.74, 6) is 6.69. The minimum atomic E-state index is -0.294. The van der Waals surface area contributed by atoms with Gasteiger partial charge < -0.3 is 4.42 Å². The van der Waals surface area contributed by atoms with Gasteiger partial charge >= 0.3 is 0 Å². The number of nitrogens with zero attached hydrogens (tertiary/aromatic N) is 1. The smallest absolute Gasteiger partial charge is 0.268 e. The van der Waals surface area contributed by atoms with Crippen LogP contribution in [0.5, 0.6) is 0 Å². The van der Waals surface area contributed by atoms with E-state index in [0.29, 0.717) is 23.1 Å². The van der Waals surface area contributed by atoms with Gasteiger partial charge in [0.2, 0.25) is 0 Å². The molecule has 0 aromatic carbocycles. The molecule has 1 saturated heterocycles. The second-order valence-electron chi connectivity index (χ2n) is 4.37. The van der Waals surface area contributed by atoms with Crippen molar-refractivity contribution >= 4 is 17.7 Å². The third-order valence-corrected chi connectivity index (χ3v) is 4.54. The lowest BCUT2D eigenvalue weighted by Gasteiger charge is -2.31. The number of hydrogen-bond donors (Lipinski definition) is 2. The molecule has 100 valence electrons. The van der Waals surface area contributed by atoms with Gasteiger partial charge in [-0.2, -0.15) is 11.8 Å². The molecule has 18 heavy (non-hydrogen) atoms. The van der Waals surface area contributed by atoms with Gasteiger partial charge in [-0.1, -0.05) is 6.92 Å². The van der Waals surface area contributed by atoms with E-state index < -0.39 is 0 Å². The van der Waals surface area contributed by atoms with Gasteiger partial charge in [0, 0.05) is 24.1 Å². The Bertz CT molecular complexity index is 408. The second kappa shape index (κ2) is 6.26. The lowest BCUT2D eigenvalue weighted by molar-refractivity contribution is 0.0950. The summed E-state index contributed by atoms with van der Waals surface area (Å²) in [5.41, 5.74) is 2.67. The number of nitrogens with one attached hydrogen (secondary N) is 1. The summed E-state index contributed by atoms with van der Waals surface area (Å²) >= 11 is 2.02. The molecule has 1 aliphatic heterocycles. The molecule has 0 spiro atoms. The first-order valence-corrected chi connectivity index (χ1v) is 7.20. The Morgan fingerprint density at radius 1 is 1.72 bits per heavy atom. The van der Waals surface area contributed by atoms with Gasteiger partial charge in [-0.3, -0.25) is 15.1 Å². The third-order valence-electron chi connectivity index (χ3n) is 3.17. The van der Waals surface area contributed by atoms with Crippen molar-refractivity contribution < 1.29 is 9.21 Å². The Morgan fingerprint density at radius 3 is 3.28 bits per heavy atom. The predicted molar refractivity (Wildman–Crippen MR) is 72.2 cm³/mol. The van der Waals surface area contributed by atoms with Gasteiger partial charge in [0.25, 0.3) is 5.91 Å². The average Bonchev–Trinajstić information content (AvgIpc) is 2.86. The fourth-order valence-corrected chi connectivity index (χ4v) is 3.37. The number of carbonyl (C=O) groups excluding carboxylic acids is 1. The van der Waals surface area contributed by atoms with Crippen molar-refractivity contribution in [3.05, 3.63) is 23.7 Å². The average molecular weight is 269 g/mol. The number of nitrogen functional groups attached to an aromatic ring is 1. The van der Waals surface area contributed by atoms with Crippen LogP contribution in [0.3, 0.4) is 0 Å². The van der Waals surface area contributed by atoms with Crippen LogP contribution in [0.2, 0.25) is 0 Å². The summed E-state index contributed by atoms with van der Waals surface area (Å²) < 4.78 is 5.39. The highest BCUT2D eigenvalue weighted by molar-refractivity contribution is 8.00. The maximum Gasteiger partial charge on any atom is 0.268 e. The monoisotopic (exact) mass is 269 g/mol. The van der Waals surface area contributed by atoms with Crippen LogP contribution in [0, 0.1) is 0 Å². The highest BCUT2D eigenvalue weighted by Gasteiger charge is 2.22. The van der Waals surface area contributed by atoms with Gasteiger partial charge in [-0.05, 0) is 12.5 Å². The number of amides is 1. The molecule has 6 heteroatoms. The largest absolute Gasteiger partial charge is 0.467 e. The molecular weight excluding hydrogens is 250 g/mol. The van der Waals surface area contributed by atoms with Crippen LogP contribution in [0.25, 0.3) is 0 Å². The quantitative estimate of drug-likeness (QED) is 0.488. The van der Waals surface area contributed by atoms with Crippen molar-refractivity contribution in [1.29, 1.82) is 0 Å². The minimum absolute atomic E-state index is 0.294. The lowest BCUT2D eigenvalue weighted by atomic mass is 10.2. The first-order valence-electron chi connectivity index (χ1n) is 6.15. The van der Waals surface area contributed by atoms with Crippen molar-refractivity contribution in [2.75, 3.05) is 18.8 Å². The van der Waals surface area contributed by atoms with Crippen LogP contribution in [0.15, 0.2) is 16.7 Å². The fourth-order valence-electron chi connectivity index (χ4n) is 2.12. The number of thioether (sulfide) groups is 1. The Labute approximate surface area is 111 Å². The Morgan fingerprint density at radius 2 is 2.56 bits per heavy atom. The molecule has 0 saturated carbocycles.